The van der Waals surface area contributed by atoms with Crippen molar-refractivity contribution in [1.82, 2.24) is 20.1 Å². The molecule has 2 N–H and O–H groups in total. The van der Waals surface area contributed by atoms with Gasteiger partial charge in [-0.05, 0) is 59.7 Å². The van der Waals surface area contributed by atoms with Crippen molar-refractivity contribution < 1.29 is 13.6 Å². The van der Waals surface area contributed by atoms with Crippen LogP contribution in [0.5, 0.6) is 0 Å². The van der Waals surface area contributed by atoms with Gasteiger partial charge in [0.25, 0.3) is 12.3 Å². The Kier molecular flexibility index (Phi) is 5.83. The first-order valence-corrected chi connectivity index (χ1v) is 11.9. The summed E-state index contributed by atoms with van der Waals surface area (Å²) in [6, 6.07) is 7.64. The number of aromatic amines is 1. The van der Waals surface area contributed by atoms with Gasteiger partial charge in [0.1, 0.15) is 0 Å². The normalized spacial score (nSPS) is 13.7. The Bertz CT molecular complexity index is 1420. The molecular weight excluding hydrogens is 448 g/mol. The van der Waals surface area contributed by atoms with Crippen LogP contribution in [0.3, 0.4) is 0 Å². The third kappa shape index (κ3) is 3.96. The number of benzene rings is 2. The van der Waals surface area contributed by atoms with Gasteiger partial charge in [-0.2, -0.15) is 5.10 Å². The van der Waals surface area contributed by atoms with Crippen molar-refractivity contribution in [3.63, 3.8) is 0 Å². The maximum Gasteiger partial charge on any atom is 0.264 e. The predicted octanol–water partition coefficient (Wildman–Crippen LogP) is 6.07. The third-order valence-corrected chi connectivity index (χ3v) is 6.83. The van der Waals surface area contributed by atoms with Gasteiger partial charge in [-0.15, -0.1) is 0 Å². The first-order chi connectivity index (χ1) is 16.8. The molecule has 2 aromatic heterocycles. The molecule has 8 heteroatoms. The van der Waals surface area contributed by atoms with E-state index in [1.807, 2.05) is 12.1 Å². The molecule has 0 unspecified atom stereocenters. The molecule has 0 atom stereocenters. The topological polar surface area (TPSA) is 66.0 Å². The van der Waals surface area contributed by atoms with Crippen LogP contribution in [0, 0.1) is 0 Å². The molecular formula is C27H29F2N5O. The molecule has 4 aromatic rings. The highest BCUT2D eigenvalue weighted by atomic mass is 19.3. The number of nitrogens with zero attached hydrogens (tertiary/aromatic N) is 3. The summed E-state index contributed by atoms with van der Waals surface area (Å²) >= 11 is 0. The van der Waals surface area contributed by atoms with E-state index in [0.717, 1.165) is 46.2 Å². The van der Waals surface area contributed by atoms with E-state index in [4.69, 9.17) is 0 Å². The zero-order valence-corrected chi connectivity index (χ0v) is 20.3. The summed E-state index contributed by atoms with van der Waals surface area (Å²) in [5.74, 6) is 0.0470. The third-order valence-electron chi connectivity index (χ3n) is 6.83. The van der Waals surface area contributed by atoms with Crippen LogP contribution in [-0.2, 0) is 13.5 Å². The summed E-state index contributed by atoms with van der Waals surface area (Å²) in [6.07, 6.45) is 4.23. The standard InChI is InChI=1S/C27H29F2N5O/c1-15(2)19-9-18(10-21-23(27(35)30-3)13-31-25(19)21)34-7-5-6-16-8-20(17-12-32-33(4)14-17)22(26(28)29)11-24(16)34/h8-15,26,31H,5-7H2,1-4H3,(H,30,35). The van der Waals surface area contributed by atoms with Gasteiger partial charge in [-0.25, -0.2) is 8.78 Å². The minimum Gasteiger partial charge on any atom is -0.360 e. The number of nitrogens with one attached hydrogen (secondary N) is 2. The number of alkyl halides is 2. The Morgan fingerprint density at radius 2 is 1.97 bits per heavy atom. The Morgan fingerprint density at radius 1 is 1.17 bits per heavy atom. The van der Waals surface area contributed by atoms with Crippen LogP contribution < -0.4 is 10.2 Å². The van der Waals surface area contributed by atoms with Crippen molar-refractivity contribution >= 4 is 28.2 Å². The van der Waals surface area contributed by atoms with Crippen LogP contribution in [0.2, 0.25) is 0 Å². The van der Waals surface area contributed by atoms with E-state index in [9.17, 15) is 13.6 Å². The monoisotopic (exact) mass is 477 g/mol. The average molecular weight is 478 g/mol. The van der Waals surface area contributed by atoms with Crippen LogP contribution in [0.1, 0.15) is 59.7 Å². The molecule has 0 spiro atoms. The largest absolute Gasteiger partial charge is 0.360 e. The molecule has 5 rings (SSSR count). The van der Waals surface area contributed by atoms with Crippen LogP contribution in [0.15, 0.2) is 42.9 Å². The number of hydrogen-bond donors (Lipinski definition) is 2. The SMILES string of the molecule is CNC(=O)c1c[nH]c2c(C(C)C)cc(N3CCCc4cc(-c5cnn(C)c5)c(C(F)F)cc43)cc12. The molecule has 0 radical (unpaired) electrons. The maximum absolute atomic E-state index is 14.2. The van der Waals surface area contributed by atoms with Crippen LogP contribution in [0.4, 0.5) is 20.2 Å². The van der Waals surface area contributed by atoms with E-state index in [1.54, 1.807) is 43.4 Å². The fourth-order valence-corrected chi connectivity index (χ4v) is 5.09. The Labute approximate surface area is 202 Å². The highest BCUT2D eigenvalue weighted by Gasteiger charge is 2.26. The molecule has 0 saturated heterocycles. The van der Waals surface area contributed by atoms with E-state index in [-0.39, 0.29) is 17.4 Å². The molecule has 2 aromatic carbocycles. The molecule has 3 heterocycles. The van der Waals surface area contributed by atoms with Crippen LogP contribution in [-0.4, -0.2) is 34.3 Å². The van der Waals surface area contributed by atoms with Gasteiger partial charge in [0, 0.05) is 66.4 Å². The quantitative estimate of drug-likeness (QED) is 0.366. The highest BCUT2D eigenvalue weighted by Crippen LogP contribution is 2.43. The molecule has 1 aliphatic rings. The zero-order chi connectivity index (χ0) is 24.9. The first-order valence-electron chi connectivity index (χ1n) is 11.9. The van der Waals surface area contributed by atoms with Gasteiger partial charge >= 0.3 is 0 Å². The molecule has 1 aliphatic heterocycles. The number of carbonyl (C=O) groups is 1. The van der Waals surface area contributed by atoms with Crippen molar-refractivity contribution in [2.45, 2.75) is 39.0 Å². The average Bonchev–Trinajstić information content (AvgIpc) is 3.47. The first kappa shape index (κ1) is 23.1. The van der Waals surface area contributed by atoms with E-state index >= 15 is 0 Å². The second-order valence-corrected chi connectivity index (χ2v) is 9.42. The van der Waals surface area contributed by atoms with Gasteiger partial charge in [0.05, 0.1) is 11.8 Å². The van der Waals surface area contributed by atoms with Crippen LogP contribution in [0.25, 0.3) is 22.0 Å². The van der Waals surface area contributed by atoms with Gasteiger partial charge < -0.3 is 15.2 Å². The summed E-state index contributed by atoms with van der Waals surface area (Å²) in [7, 11) is 3.39. The van der Waals surface area contributed by atoms with Crippen molar-refractivity contribution in [2.24, 2.45) is 7.05 Å². The second-order valence-electron chi connectivity index (χ2n) is 9.42. The number of hydrogen-bond acceptors (Lipinski definition) is 3. The highest BCUT2D eigenvalue weighted by molar-refractivity contribution is 6.08. The zero-order valence-electron chi connectivity index (χ0n) is 20.3. The van der Waals surface area contributed by atoms with Gasteiger partial charge in [-0.1, -0.05) is 13.8 Å². The Morgan fingerprint density at radius 3 is 2.63 bits per heavy atom. The number of H-pyrrole nitrogens is 1. The molecule has 182 valence electrons. The maximum atomic E-state index is 14.2. The Hall–Kier alpha value is -3.68. The second kappa shape index (κ2) is 8.83. The molecule has 0 bridgehead atoms. The molecule has 0 aliphatic carbocycles. The van der Waals surface area contributed by atoms with E-state index in [2.05, 4.69) is 40.2 Å². The fourth-order valence-electron chi connectivity index (χ4n) is 5.09. The van der Waals surface area contributed by atoms with Gasteiger partial charge in [0.15, 0.2) is 0 Å². The summed E-state index contributed by atoms with van der Waals surface area (Å²) in [4.78, 5) is 17.9. The van der Waals surface area contributed by atoms with Crippen molar-refractivity contribution in [1.29, 1.82) is 0 Å². The molecule has 1 amide bonds. The lowest BCUT2D eigenvalue weighted by Gasteiger charge is -2.33. The summed E-state index contributed by atoms with van der Waals surface area (Å²) in [5, 5.41) is 7.71. The number of carbonyl (C=O) groups excluding carboxylic acids is 1. The number of anilines is 2. The van der Waals surface area contributed by atoms with Crippen molar-refractivity contribution in [2.75, 3.05) is 18.5 Å². The number of aromatic nitrogens is 3. The number of rotatable bonds is 5. The van der Waals surface area contributed by atoms with Crippen molar-refractivity contribution in [3.8, 4) is 11.1 Å². The lowest BCUT2D eigenvalue weighted by atomic mass is 9.92. The van der Waals surface area contributed by atoms with Crippen molar-refractivity contribution in [3.05, 3.63) is 65.1 Å². The number of fused-ring (bicyclic) bond motifs is 2. The molecule has 0 fully saturated rings. The minimum absolute atomic E-state index is 0.00139. The van der Waals surface area contributed by atoms with Gasteiger partial charge in [-0.3, -0.25) is 9.48 Å². The lowest BCUT2D eigenvalue weighted by molar-refractivity contribution is 0.0964. The summed E-state index contributed by atoms with van der Waals surface area (Å²) < 4.78 is 30.1. The number of aryl methyl sites for hydroxylation is 2. The molecule has 35 heavy (non-hydrogen) atoms. The minimum atomic E-state index is -2.61. The lowest BCUT2D eigenvalue weighted by Crippen LogP contribution is -2.25. The summed E-state index contributed by atoms with van der Waals surface area (Å²) in [5.41, 5.74) is 6.54. The van der Waals surface area contributed by atoms with E-state index < -0.39 is 6.43 Å². The number of amides is 1. The van der Waals surface area contributed by atoms with Crippen LogP contribution >= 0.6 is 0 Å². The molecule has 0 saturated carbocycles. The number of halogens is 2. The molecule has 6 nitrogen and oxygen atoms in total. The smallest absolute Gasteiger partial charge is 0.264 e. The van der Waals surface area contributed by atoms with E-state index in [1.165, 1.54) is 0 Å². The van der Waals surface area contributed by atoms with E-state index in [0.29, 0.717) is 23.2 Å². The Balaban J connectivity index is 1.69. The summed E-state index contributed by atoms with van der Waals surface area (Å²) in [6.45, 7) is 4.93. The fraction of sp³-hybridized carbons (Fsp3) is 0.333. The predicted molar refractivity (Wildman–Crippen MR) is 135 cm³/mol. The van der Waals surface area contributed by atoms with Gasteiger partial charge in [0.2, 0.25) is 0 Å².